The zero-order valence-electron chi connectivity index (χ0n) is 21.6. The summed E-state index contributed by atoms with van der Waals surface area (Å²) in [5, 5.41) is 4.87. The van der Waals surface area contributed by atoms with E-state index < -0.39 is 10.0 Å². The fourth-order valence-electron chi connectivity index (χ4n) is 4.91. The van der Waals surface area contributed by atoms with Gasteiger partial charge in [0.25, 0.3) is 5.91 Å². The number of fused-ring (bicyclic) bond motifs is 2. The summed E-state index contributed by atoms with van der Waals surface area (Å²) in [4.78, 5) is 22.2. The summed E-state index contributed by atoms with van der Waals surface area (Å²) in [6, 6.07) is 14.9. The zero-order valence-corrected chi connectivity index (χ0v) is 24.0. The molecule has 1 N–H and O–H groups in total. The van der Waals surface area contributed by atoms with Crippen LogP contribution in [0.1, 0.15) is 47.5 Å². The molecule has 198 valence electrons. The predicted molar refractivity (Wildman–Crippen MR) is 155 cm³/mol. The van der Waals surface area contributed by atoms with E-state index in [1.54, 1.807) is 41.9 Å². The number of nitrogens with one attached hydrogen (secondary N) is 1. The number of anilines is 1. The van der Waals surface area contributed by atoms with E-state index in [4.69, 9.17) is 4.98 Å². The summed E-state index contributed by atoms with van der Waals surface area (Å²) >= 11 is 3.27. The number of sulfonamides is 1. The summed E-state index contributed by atoms with van der Waals surface area (Å²) in [5.41, 5.74) is 3.67. The molecular formula is C28H30N4O3S3. The standard InChI is InChI=1S/C28H30N4O3S3/c1-17(2)32-15-14-21-24(16-32)37-28(25(21)27-29-22-6-4-5-7-23(22)36-27)30-26(33)18-8-12-20(13-9-18)38(34,35)31(3)19-10-11-19/h4-9,12-13,17,19H,10-11,14-16H2,1-3H3,(H,30,33). The Kier molecular flexibility index (Phi) is 6.64. The van der Waals surface area contributed by atoms with Crippen LogP contribution < -0.4 is 5.32 Å². The van der Waals surface area contributed by atoms with Crippen molar-refractivity contribution in [3.63, 3.8) is 0 Å². The van der Waals surface area contributed by atoms with Gasteiger partial charge < -0.3 is 5.32 Å². The van der Waals surface area contributed by atoms with Crippen molar-refractivity contribution < 1.29 is 13.2 Å². The number of benzene rings is 2. The number of para-hydroxylation sites is 1. The number of aromatic nitrogens is 1. The van der Waals surface area contributed by atoms with Crippen molar-refractivity contribution in [2.75, 3.05) is 18.9 Å². The number of amides is 1. The maximum Gasteiger partial charge on any atom is 0.256 e. The molecule has 7 nitrogen and oxygen atoms in total. The van der Waals surface area contributed by atoms with Crippen LogP contribution in [0.3, 0.4) is 0 Å². The first-order valence-electron chi connectivity index (χ1n) is 12.9. The van der Waals surface area contributed by atoms with E-state index in [1.807, 2.05) is 18.2 Å². The largest absolute Gasteiger partial charge is 0.313 e. The van der Waals surface area contributed by atoms with Crippen LogP contribution in [0, 0.1) is 0 Å². The average Bonchev–Trinajstić information content (AvgIpc) is 3.57. The molecule has 0 saturated heterocycles. The molecule has 0 atom stereocenters. The van der Waals surface area contributed by atoms with Crippen molar-refractivity contribution in [2.24, 2.45) is 0 Å². The highest BCUT2D eigenvalue weighted by molar-refractivity contribution is 7.89. The SMILES string of the molecule is CC(C)N1CCc2c(sc(NC(=O)c3ccc(S(=O)(=O)N(C)C4CC4)cc3)c2-c2nc3ccccc3s2)C1. The zero-order chi connectivity index (χ0) is 26.6. The number of hydrogen-bond donors (Lipinski definition) is 1. The van der Waals surface area contributed by atoms with Crippen LogP contribution in [0.15, 0.2) is 53.4 Å². The van der Waals surface area contributed by atoms with Gasteiger partial charge in [-0.3, -0.25) is 9.69 Å². The maximum atomic E-state index is 13.4. The fourth-order valence-corrected chi connectivity index (χ4v) is 8.71. The molecule has 0 bridgehead atoms. The highest BCUT2D eigenvalue weighted by Crippen LogP contribution is 2.46. The van der Waals surface area contributed by atoms with E-state index >= 15 is 0 Å². The molecule has 1 amide bonds. The second kappa shape index (κ2) is 9.84. The summed E-state index contributed by atoms with van der Waals surface area (Å²) in [7, 11) is -1.93. The van der Waals surface area contributed by atoms with Crippen LogP contribution in [0.2, 0.25) is 0 Å². The van der Waals surface area contributed by atoms with Crippen LogP contribution in [-0.2, 0) is 23.0 Å². The molecule has 1 saturated carbocycles. The Morgan fingerprint density at radius 2 is 1.84 bits per heavy atom. The molecule has 3 heterocycles. The molecule has 10 heteroatoms. The van der Waals surface area contributed by atoms with Crippen LogP contribution in [0.25, 0.3) is 20.8 Å². The average molecular weight is 567 g/mol. The highest BCUT2D eigenvalue weighted by Gasteiger charge is 2.35. The number of carbonyl (C=O) groups excluding carboxylic acids is 1. The van der Waals surface area contributed by atoms with Gasteiger partial charge in [-0.25, -0.2) is 13.4 Å². The van der Waals surface area contributed by atoms with E-state index in [0.29, 0.717) is 11.6 Å². The minimum absolute atomic E-state index is 0.0837. The number of thiazole rings is 1. The molecule has 2 aliphatic rings. The first-order valence-corrected chi connectivity index (χ1v) is 15.9. The summed E-state index contributed by atoms with van der Waals surface area (Å²) in [6.07, 6.45) is 2.70. The van der Waals surface area contributed by atoms with Crippen molar-refractivity contribution in [2.45, 2.75) is 56.6 Å². The molecule has 1 fully saturated rings. The fraction of sp³-hybridized carbons (Fsp3) is 0.357. The molecule has 0 radical (unpaired) electrons. The monoisotopic (exact) mass is 566 g/mol. The third-order valence-electron chi connectivity index (χ3n) is 7.41. The molecule has 1 aliphatic heterocycles. The summed E-state index contributed by atoms with van der Waals surface area (Å²) < 4.78 is 28.3. The van der Waals surface area contributed by atoms with Crippen molar-refractivity contribution >= 4 is 53.8 Å². The van der Waals surface area contributed by atoms with Gasteiger partial charge >= 0.3 is 0 Å². The Hall–Kier alpha value is -2.63. The van der Waals surface area contributed by atoms with E-state index in [1.165, 1.54) is 26.9 Å². The normalized spacial score (nSPS) is 16.3. The van der Waals surface area contributed by atoms with E-state index in [-0.39, 0.29) is 16.8 Å². The van der Waals surface area contributed by atoms with Crippen molar-refractivity contribution in [1.82, 2.24) is 14.2 Å². The molecule has 38 heavy (non-hydrogen) atoms. The lowest BCUT2D eigenvalue weighted by Crippen LogP contribution is -2.35. The van der Waals surface area contributed by atoms with E-state index in [9.17, 15) is 13.2 Å². The van der Waals surface area contributed by atoms with Gasteiger partial charge in [-0.05, 0) is 75.1 Å². The van der Waals surface area contributed by atoms with Gasteiger partial charge in [-0.15, -0.1) is 22.7 Å². The van der Waals surface area contributed by atoms with Crippen molar-refractivity contribution in [3.05, 3.63) is 64.5 Å². The van der Waals surface area contributed by atoms with Gasteiger partial charge in [0.15, 0.2) is 0 Å². The molecular weight excluding hydrogens is 537 g/mol. The van der Waals surface area contributed by atoms with Gasteiger partial charge in [0.2, 0.25) is 10.0 Å². The Labute approximate surface area is 231 Å². The van der Waals surface area contributed by atoms with Gasteiger partial charge in [0, 0.05) is 48.2 Å². The third-order valence-corrected chi connectivity index (χ3v) is 11.5. The second-order valence-corrected chi connectivity index (χ2v) is 14.4. The number of rotatable bonds is 7. The lowest BCUT2D eigenvalue weighted by molar-refractivity contribution is 0.102. The first kappa shape index (κ1) is 25.6. The highest BCUT2D eigenvalue weighted by atomic mass is 32.2. The molecule has 4 aromatic rings. The Balaban J connectivity index is 1.32. The van der Waals surface area contributed by atoms with Gasteiger partial charge in [0.1, 0.15) is 10.0 Å². The topological polar surface area (TPSA) is 82.6 Å². The quantitative estimate of drug-likeness (QED) is 0.305. The van der Waals surface area contributed by atoms with Crippen LogP contribution >= 0.6 is 22.7 Å². The molecule has 2 aromatic carbocycles. The number of carbonyl (C=O) groups is 1. The lowest BCUT2D eigenvalue weighted by Gasteiger charge is -2.30. The molecule has 1 aliphatic carbocycles. The summed E-state index contributed by atoms with van der Waals surface area (Å²) in [5.74, 6) is -0.258. The van der Waals surface area contributed by atoms with Gasteiger partial charge in [0.05, 0.1) is 15.1 Å². The maximum absolute atomic E-state index is 13.4. The van der Waals surface area contributed by atoms with E-state index in [0.717, 1.165) is 58.1 Å². The molecule has 0 spiro atoms. The van der Waals surface area contributed by atoms with Crippen LogP contribution in [0.4, 0.5) is 5.00 Å². The predicted octanol–water partition coefficient (Wildman–Crippen LogP) is 5.83. The molecule has 6 rings (SSSR count). The minimum atomic E-state index is -3.55. The van der Waals surface area contributed by atoms with Crippen molar-refractivity contribution in [3.8, 4) is 10.6 Å². The Bertz CT molecular complexity index is 1590. The number of hydrogen-bond acceptors (Lipinski definition) is 7. The Morgan fingerprint density at radius 1 is 1.11 bits per heavy atom. The minimum Gasteiger partial charge on any atom is -0.313 e. The first-order chi connectivity index (χ1) is 18.2. The van der Waals surface area contributed by atoms with Crippen LogP contribution in [-0.4, -0.2) is 54.2 Å². The van der Waals surface area contributed by atoms with Gasteiger partial charge in [-0.1, -0.05) is 12.1 Å². The molecule has 0 unspecified atom stereocenters. The van der Waals surface area contributed by atoms with Gasteiger partial charge in [-0.2, -0.15) is 4.31 Å². The van der Waals surface area contributed by atoms with Crippen molar-refractivity contribution in [1.29, 1.82) is 0 Å². The number of thiophene rings is 1. The smallest absolute Gasteiger partial charge is 0.256 e. The Morgan fingerprint density at radius 3 is 2.53 bits per heavy atom. The van der Waals surface area contributed by atoms with E-state index in [2.05, 4.69) is 30.1 Å². The third kappa shape index (κ3) is 4.69. The van der Waals surface area contributed by atoms with Crippen LogP contribution in [0.5, 0.6) is 0 Å². The second-order valence-electron chi connectivity index (χ2n) is 10.2. The lowest BCUT2D eigenvalue weighted by atomic mass is 10.0. The number of nitrogens with zero attached hydrogens (tertiary/aromatic N) is 3. The summed E-state index contributed by atoms with van der Waals surface area (Å²) in [6.45, 7) is 6.24. The molecule has 2 aromatic heterocycles.